The molecule has 0 aromatic heterocycles. The molecule has 4 nitrogen and oxygen atoms in total. The minimum atomic E-state index is -3.30. The summed E-state index contributed by atoms with van der Waals surface area (Å²) in [6, 6.07) is 12.2. The summed E-state index contributed by atoms with van der Waals surface area (Å²) in [5, 5.41) is 2.67. The second kappa shape index (κ2) is 6.79. The van der Waals surface area contributed by atoms with Crippen LogP contribution in [0.4, 0.5) is 5.69 Å². The van der Waals surface area contributed by atoms with E-state index in [1.54, 1.807) is 18.2 Å². The Morgan fingerprint density at radius 2 is 1.83 bits per heavy atom. The lowest BCUT2D eigenvalue weighted by atomic mass is 10.1. The average Bonchev–Trinajstić information content (AvgIpc) is 2.45. The summed E-state index contributed by atoms with van der Waals surface area (Å²) in [7, 11) is -3.30. The van der Waals surface area contributed by atoms with E-state index in [1.807, 2.05) is 32.0 Å². The fourth-order valence-electron chi connectivity index (χ4n) is 2.17. The topological polar surface area (TPSA) is 63.2 Å². The average molecular weight is 329 g/mol. The van der Waals surface area contributed by atoms with Gasteiger partial charge < -0.3 is 5.32 Å². The summed E-state index contributed by atoms with van der Waals surface area (Å²) >= 11 is 0. The lowest BCUT2D eigenvalue weighted by molar-refractivity contribution is -0.111. The molecular weight excluding hydrogens is 310 g/mol. The third-order valence-corrected chi connectivity index (χ3v) is 4.48. The highest BCUT2D eigenvalue weighted by molar-refractivity contribution is 7.90. The Labute approximate surface area is 136 Å². The molecule has 0 saturated heterocycles. The van der Waals surface area contributed by atoms with Crippen molar-refractivity contribution in [1.82, 2.24) is 0 Å². The minimum absolute atomic E-state index is 0.175. The Hall–Kier alpha value is -2.40. The second-order valence-corrected chi connectivity index (χ2v) is 7.50. The van der Waals surface area contributed by atoms with Crippen LogP contribution in [0.5, 0.6) is 0 Å². The molecule has 2 aromatic rings. The highest BCUT2D eigenvalue weighted by atomic mass is 32.2. The zero-order chi connectivity index (χ0) is 17.0. The first-order chi connectivity index (χ1) is 10.8. The van der Waals surface area contributed by atoms with Crippen LogP contribution < -0.4 is 5.32 Å². The third kappa shape index (κ3) is 4.79. The molecular formula is C18H19NO3S. The fourth-order valence-corrected chi connectivity index (χ4v) is 2.83. The SMILES string of the molecule is Cc1ccc(/C=C/C(=O)Nc2cccc(S(C)(=O)=O)c2)c(C)c1. The molecule has 0 aliphatic heterocycles. The molecule has 0 fully saturated rings. The van der Waals surface area contributed by atoms with E-state index in [2.05, 4.69) is 5.32 Å². The molecule has 1 amide bonds. The Morgan fingerprint density at radius 1 is 1.09 bits per heavy atom. The maximum Gasteiger partial charge on any atom is 0.248 e. The zero-order valence-electron chi connectivity index (χ0n) is 13.3. The summed E-state index contributed by atoms with van der Waals surface area (Å²) in [4.78, 5) is 12.2. The van der Waals surface area contributed by atoms with E-state index in [1.165, 1.54) is 23.8 Å². The van der Waals surface area contributed by atoms with Gasteiger partial charge in [-0.25, -0.2) is 8.42 Å². The molecule has 0 saturated carbocycles. The predicted molar refractivity (Wildman–Crippen MR) is 93.1 cm³/mol. The number of hydrogen-bond donors (Lipinski definition) is 1. The Kier molecular flexibility index (Phi) is 5.01. The van der Waals surface area contributed by atoms with Gasteiger partial charge in [0.1, 0.15) is 0 Å². The van der Waals surface area contributed by atoms with E-state index in [4.69, 9.17) is 0 Å². The van der Waals surface area contributed by atoms with Crippen molar-refractivity contribution in [1.29, 1.82) is 0 Å². The Balaban J connectivity index is 2.12. The number of carbonyl (C=O) groups is 1. The molecule has 0 aliphatic rings. The van der Waals surface area contributed by atoms with Crippen molar-refractivity contribution in [3.63, 3.8) is 0 Å². The van der Waals surface area contributed by atoms with E-state index in [-0.39, 0.29) is 10.8 Å². The van der Waals surface area contributed by atoms with E-state index in [0.29, 0.717) is 5.69 Å². The van der Waals surface area contributed by atoms with Crippen LogP contribution >= 0.6 is 0 Å². The van der Waals surface area contributed by atoms with E-state index < -0.39 is 9.84 Å². The number of hydrogen-bond acceptors (Lipinski definition) is 3. The van der Waals surface area contributed by atoms with E-state index >= 15 is 0 Å². The Morgan fingerprint density at radius 3 is 2.48 bits per heavy atom. The smallest absolute Gasteiger partial charge is 0.248 e. The van der Waals surface area contributed by atoms with Gasteiger partial charge in [0.15, 0.2) is 9.84 Å². The van der Waals surface area contributed by atoms with Gasteiger partial charge in [0.2, 0.25) is 5.91 Å². The normalized spacial score (nSPS) is 11.6. The number of anilines is 1. The lowest BCUT2D eigenvalue weighted by Crippen LogP contribution is -2.08. The van der Waals surface area contributed by atoms with Gasteiger partial charge >= 0.3 is 0 Å². The van der Waals surface area contributed by atoms with Crippen LogP contribution in [-0.4, -0.2) is 20.6 Å². The van der Waals surface area contributed by atoms with Crippen LogP contribution in [0.15, 0.2) is 53.4 Å². The molecule has 120 valence electrons. The number of amides is 1. The highest BCUT2D eigenvalue weighted by Crippen LogP contribution is 2.16. The molecule has 23 heavy (non-hydrogen) atoms. The molecule has 0 unspecified atom stereocenters. The first-order valence-electron chi connectivity index (χ1n) is 7.12. The minimum Gasteiger partial charge on any atom is -0.322 e. The highest BCUT2D eigenvalue weighted by Gasteiger charge is 2.08. The quantitative estimate of drug-likeness (QED) is 0.875. The van der Waals surface area contributed by atoms with E-state index in [0.717, 1.165) is 17.4 Å². The van der Waals surface area contributed by atoms with Crippen LogP contribution in [0.1, 0.15) is 16.7 Å². The molecule has 1 N–H and O–H groups in total. The summed E-state index contributed by atoms with van der Waals surface area (Å²) in [5.41, 5.74) is 3.67. The van der Waals surface area contributed by atoms with Gasteiger partial charge in [-0.1, -0.05) is 29.8 Å². The largest absolute Gasteiger partial charge is 0.322 e. The predicted octanol–water partition coefficient (Wildman–Crippen LogP) is 3.36. The van der Waals surface area contributed by atoms with E-state index in [9.17, 15) is 13.2 Å². The molecule has 0 radical (unpaired) electrons. The van der Waals surface area contributed by atoms with Crippen LogP contribution in [0.2, 0.25) is 0 Å². The number of sulfone groups is 1. The molecule has 2 aromatic carbocycles. The van der Waals surface area contributed by atoms with Crippen molar-refractivity contribution < 1.29 is 13.2 Å². The molecule has 0 atom stereocenters. The van der Waals surface area contributed by atoms with Gasteiger partial charge in [-0.15, -0.1) is 0 Å². The van der Waals surface area contributed by atoms with Crippen LogP contribution in [0, 0.1) is 13.8 Å². The van der Waals surface area contributed by atoms with Gasteiger partial charge in [0.25, 0.3) is 0 Å². The summed E-state index contributed by atoms with van der Waals surface area (Å²) in [6.07, 6.45) is 4.31. The summed E-state index contributed by atoms with van der Waals surface area (Å²) in [6.45, 7) is 4.00. The second-order valence-electron chi connectivity index (χ2n) is 5.48. The number of rotatable bonds is 4. The van der Waals surface area contributed by atoms with Crippen LogP contribution in [0.25, 0.3) is 6.08 Å². The zero-order valence-corrected chi connectivity index (χ0v) is 14.1. The first-order valence-corrected chi connectivity index (χ1v) is 9.01. The van der Waals surface area contributed by atoms with Crippen molar-refractivity contribution in [2.45, 2.75) is 18.7 Å². The van der Waals surface area contributed by atoms with Gasteiger partial charge in [-0.2, -0.15) is 0 Å². The number of carbonyl (C=O) groups excluding carboxylic acids is 1. The van der Waals surface area contributed by atoms with Crippen molar-refractivity contribution >= 4 is 27.5 Å². The van der Waals surface area contributed by atoms with Crippen molar-refractivity contribution in [3.8, 4) is 0 Å². The number of benzene rings is 2. The van der Waals surface area contributed by atoms with Crippen molar-refractivity contribution in [2.24, 2.45) is 0 Å². The number of nitrogens with one attached hydrogen (secondary N) is 1. The first kappa shape index (κ1) is 17.0. The molecule has 0 heterocycles. The molecule has 2 rings (SSSR count). The third-order valence-electron chi connectivity index (χ3n) is 3.37. The van der Waals surface area contributed by atoms with Gasteiger partial charge in [-0.05, 0) is 49.2 Å². The molecule has 0 aliphatic carbocycles. The van der Waals surface area contributed by atoms with Gasteiger partial charge in [0.05, 0.1) is 4.90 Å². The lowest BCUT2D eigenvalue weighted by Gasteiger charge is -2.05. The monoisotopic (exact) mass is 329 g/mol. The van der Waals surface area contributed by atoms with Crippen molar-refractivity contribution in [3.05, 3.63) is 65.2 Å². The van der Waals surface area contributed by atoms with Crippen LogP contribution in [0.3, 0.4) is 0 Å². The molecule has 0 spiro atoms. The van der Waals surface area contributed by atoms with Gasteiger partial charge in [-0.3, -0.25) is 4.79 Å². The fraction of sp³-hybridized carbons (Fsp3) is 0.167. The van der Waals surface area contributed by atoms with Gasteiger partial charge in [0, 0.05) is 18.0 Å². The summed E-state index contributed by atoms with van der Waals surface area (Å²) < 4.78 is 23.0. The Bertz CT molecular complexity index is 868. The maximum absolute atomic E-state index is 12.0. The summed E-state index contributed by atoms with van der Waals surface area (Å²) in [5.74, 6) is -0.310. The maximum atomic E-state index is 12.0. The molecule has 0 bridgehead atoms. The number of aryl methyl sites for hydroxylation is 2. The molecule has 5 heteroatoms. The van der Waals surface area contributed by atoms with Crippen LogP contribution in [-0.2, 0) is 14.6 Å². The van der Waals surface area contributed by atoms with Crippen molar-refractivity contribution in [2.75, 3.05) is 11.6 Å². The standard InChI is InChI=1S/C18H19NO3S/c1-13-7-8-15(14(2)11-13)9-10-18(20)19-16-5-4-6-17(12-16)23(3,21)22/h4-12H,1-3H3,(H,19,20)/b10-9+.